The first-order chi connectivity index (χ1) is 12.8. The van der Waals surface area contributed by atoms with Gasteiger partial charge in [0.25, 0.3) is 5.91 Å². The van der Waals surface area contributed by atoms with Gasteiger partial charge in [-0.3, -0.25) is 4.79 Å². The summed E-state index contributed by atoms with van der Waals surface area (Å²) in [5.74, 6) is 0.738. The van der Waals surface area contributed by atoms with Gasteiger partial charge in [-0.2, -0.15) is 0 Å². The van der Waals surface area contributed by atoms with Gasteiger partial charge in [-0.1, -0.05) is 48.5 Å². The van der Waals surface area contributed by atoms with Crippen LogP contribution >= 0.6 is 11.3 Å². The zero-order valence-corrected chi connectivity index (χ0v) is 15.5. The van der Waals surface area contributed by atoms with Gasteiger partial charge < -0.3 is 10.2 Å². The molecule has 0 radical (unpaired) electrons. The molecule has 0 spiro atoms. The van der Waals surface area contributed by atoms with Crippen molar-refractivity contribution in [3.63, 3.8) is 0 Å². The fraction of sp³-hybridized carbons (Fsp3) is 0.318. The van der Waals surface area contributed by atoms with E-state index in [0.29, 0.717) is 12.0 Å². The van der Waals surface area contributed by atoms with Crippen molar-refractivity contribution in [2.45, 2.75) is 18.9 Å². The van der Waals surface area contributed by atoms with Crippen LogP contribution in [-0.4, -0.2) is 36.5 Å². The molecule has 1 N–H and O–H groups in total. The number of rotatable bonds is 3. The molecule has 0 aliphatic carbocycles. The molecule has 3 saturated heterocycles. The molecule has 2 bridgehead atoms. The highest BCUT2D eigenvalue weighted by Gasteiger charge is 2.35. The standard InChI is InChI=1S/C22H22N2OS/c25-22(23-19-14-24-11-9-16(19)10-12-24)20-13-17-7-4-8-18(21(17)26-20)15-5-2-1-3-6-15/h1-8,13,16,19H,9-12,14H2,(H,23,25). The Balaban J connectivity index is 1.44. The molecule has 6 rings (SSSR count). The Morgan fingerprint density at radius 1 is 1.04 bits per heavy atom. The van der Waals surface area contributed by atoms with Gasteiger partial charge in [-0.15, -0.1) is 11.3 Å². The van der Waals surface area contributed by atoms with Gasteiger partial charge in [0.15, 0.2) is 0 Å². The van der Waals surface area contributed by atoms with E-state index in [0.717, 1.165) is 16.8 Å². The van der Waals surface area contributed by atoms with E-state index in [9.17, 15) is 4.79 Å². The number of carbonyl (C=O) groups is 1. The Morgan fingerprint density at radius 3 is 2.58 bits per heavy atom. The summed E-state index contributed by atoms with van der Waals surface area (Å²) >= 11 is 1.61. The minimum absolute atomic E-state index is 0.0870. The Bertz CT molecular complexity index is 941. The maximum absolute atomic E-state index is 12.9. The zero-order chi connectivity index (χ0) is 17.5. The SMILES string of the molecule is O=C(NC1CN2CCC1CC2)c1cc2cccc(-c3ccccc3)c2s1. The summed E-state index contributed by atoms with van der Waals surface area (Å²) in [5.41, 5.74) is 2.40. The van der Waals surface area contributed by atoms with E-state index in [2.05, 4.69) is 52.7 Å². The van der Waals surface area contributed by atoms with Gasteiger partial charge in [0.1, 0.15) is 0 Å². The molecule has 1 unspecified atom stereocenters. The second-order valence-electron chi connectivity index (χ2n) is 7.42. The van der Waals surface area contributed by atoms with Crippen LogP contribution in [0, 0.1) is 5.92 Å². The predicted octanol–water partition coefficient (Wildman–Crippen LogP) is 4.39. The summed E-state index contributed by atoms with van der Waals surface area (Å²) in [6.07, 6.45) is 2.44. The smallest absolute Gasteiger partial charge is 0.261 e. The highest BCUT2D eigenvalue weighted by Crippen LogP contribution is 2.35. The second-order valence-corrected chi connectivity index (χ2v) is 8.47. The Morgan fingerprint density at radius 2 is 1.85 bits per heavy atom. The first-order valence-corrected chi connectivity index (χ1v) is 10.2. The lowest BCUT2D eigenvalue weighted by Crippen LogP contribution is -2.57. The number of amides is 1. The van der Waals surface area contributed by atoms with Crippen molar-refractivity contribution in [2.24, 2.45) is 5.92 Å². The average Bonchev–Trinajstić information content (AvgIpc) is 3.14. The molecule has 26 heavy (non-hydrogen) atoms. The van der Waals surface area contributed by atoms with E-state index in [-0.39, 0.29) is 5.91 Å². The van der Waals surface area contributed by atoms with Crippen LogP contribution < -0.4 is 5.32 Å². The number of fused-ring (bicyclic) bond motifs is 4. The highest BCUT2D eigenvalue weighted by atomic mass is 32.1. The van der Waals surface area contributed by atoms with E-state index in [4.69, 9.17) is 0 Å². The van der Waals surface area contributed by atoms with Gasteiger partial charge >= 0.3 is 0 Å². The lowest BCUT2D eigenvalue weighted by atomic mass is 9.84. The van der Waals surface area contributed by atoms with Crippen molar-refractivity contribution < 1.29 is 4.79 Å². The van der Waals surface area contributed by atoms with Crippen LogP contribution in [0.5, 0.6) is 0 Å². The second kappa shape index (κ2) is 6.53. The lowest BCUT2D eigenvalue weighted by Gasteiger charge is -2.44. The average molecular weight is 362 g/mol. The molecular weight excluding hydrogens is 340 g/mol. The molecule has 4 heterocycles. The minimum atomic E-state index is 0.0870. The highest BCUT2D eigenvalue weighted by molar-refractivity contribution is 7.21. The molecule has 2 aromatic carbocycles. The molecule has 1 amide bonds. The normalized spacial score (nSPS) is 24.7. The molecule has 1 aromatic heterocycles. The number of thiophene rings is 1. The van der Waals surface area contributed by atoms with Crippen LogP contribution in [-0.2, 0) is 0 Å². The largest absolute Gasteiger partial charge is 0.347 e. The number of nitrogens with one attached hydrogen (secondary N) is 1. The van der Waals surface area contributed by atoms with Crippen molar-refractivity contribution in [1.29, 1.82) is 0 Å². The zero-order valence-electron chi connectivity index (χ0n) is 14.7. The van der Waals surface area contributed by atoms with E-state index >= 15 is 0 Å². The van der Waals surface area contributed by atoms with Gasteiger partial charge in [0.05, 0.1) is 4.88 Å². The third-order valence-electron chi connectivity index (χ3n) is 5.83. The van der Waals surface area contributed by atoms with Crippen molar-refractivity contribution >= 4 is 27.3 Å². The summed E-state index contributed by atoms with van der Waals surface area (Å²) in [5, 5.41) is 4.47. The monoisotopic (exact) mass is 362 g/mol. The minimum Gasteiger partial charge on any atom is -0.347 e. The van der Waals surface area contributed by atoms with Gasteiger partial charge in [-0.05, 0) is 54.4 Å². The number of nitrogens with zero attached hydrogens (tertiary/aromatic N) is 1. The Kier molecular flexibility index (Phi) is 4.03. The van der Waals surface area contributed by atoms with E-state index in [1.807, 2.05) is 12.1 Å². The third kappa shape index (κ3) is 2.83. The fourth-order valence-electron chi connectivity index (χ4n) is 4.39. The van der Waals surface area contributed by atoms with Crippen LogP contribution in [0.15, 0.2) is 54.6 Å². The van der Waals surface area contributed by atoms with Crippen LogP contribution in [0.2, 0.25) is 0 Å². The number of carbonyl (C=O) groups excluding carboxylic acids is 1. The predicted molar refractivity (Wildman–Crippen MR) is 108 cm³/mol. The maximum Gasteiger partial charge on any atom is 0.261 e. The topological polar surface area (TPSA) is 32.3 Å². The molecule has 1 atom stereocenters. The van der Waals surface area contributed by atoms with Crippen molar-refractivity contribution in [2.75, 3.05) is 19.6 Å². The van der Waals surface area contributed by atoms with E-state index < -0.39 is 0 Å². The van der Waals surface area contributed by atoms with E-state index in [1.54, 1.807) is 11.3 Å². The summed E-state index contributed by atoms with van der Waals surface area (Å²) in [7, 11) is 0. The molecule has 3 aliphatic heterocycles. The fourth-order valence-corrected chi connectivity index (χ4v) is 5.49. The van der Waals surface area contributed by atoms with Crippen LogP contribution in [0.1, 0.15) is 22.5 Å². The summed E-state index contributed by atoms with van der Waals surface area (Å²) < 4.78 is 1.19. The summed E-state index contributed by atoms with van der Waals surface area (Å²) in [6.45, 7) is 3.40. The molecule has 0 saturated carbocycles. The number of hydrogen-bond donors (Lipinski definition) is 1. The number of hydrogen-bond acceptors (Lipinski definition) is 3. The molecular formula is C22H22N2OS. The van der Waals surface area contributed by atoms with Crippen LogP contribution in [0.3, 0.4) is 0 Å². The molecule has 4 heteroatoms. The van der Waals surface area contributed by atoms with Crippen molar-refractivity contribution in [3.8, 4) is 11.1 Å². The molecule has 3 aliphatic rings. The molecule has 132 valence electrons. The number of benzene rings is 2. The Hall–Kier alpha value is -2.17. The van der Waals surface area contributed by atoms with Crippen molar-refractivity contribution in [3.05, 3.63) is 59.5 Å². The van der Waals surface area contributed by atoms with Gasteiger partial charge in [0, 0.05) is 17.3 Å². The lowest BCUT2D eigenvalue weighted by molar-refractivity contribution is 0.0622. The molecule has 3 nitrogen and oxygen atoms in total. The third-order valence-corrected chi connectivity index (χ3v) is 7.01. The summed E-state index contributed by atoms with van der Waals surface area (Å²) in [4.78, 5) is 16.2. The quantitative estimate of drug-likeness (QED) is 0.749. The van der Waals surface area contributed by atoms with Crippen LogP contribution in [0.25, 0.3) is 21.2 Å². The summed E-state index contributed by atoms with van der Waals surface area (Å²) in [6, 6.07) is 19.1. The number of piperidine rings is 3. The van der Waals surface area contributed by atoms with E-state index in [1.165, 1.54) is 41.8 Å². The maximum atomic E-state index is 12.9. The van der Waals surface area contributed by atoms with Crippen molar-refractivity contribution in [1.82, 2.24) is 10.2 Å². The molecule has 3 aromatic rings. The van der Waals surface area contributed by atoms with Gasteiger partial charge in [0.2, 0.25) is 0 Å². The first kappa shape index (κ1) is 16.0. The van der Waals surface area contributed by atoms with Crippen LogP contribution in [0.4, 0.5) is 0 Å². The Labute approximate surface area is 157 Å². The first-order valence-electron chi connectivity index (χ1n) is 9.39. The van der Waals surface area contributed by atoms with Gasteiger partial charge in [-0.25, -0.2) is 0 Å². The molecule has 3 fully saturated rings.